The van der Waals surface area contributed by atoms with Crippen LogP contribution < -0.4 is 5.43 Å². The number of carbonyl (C=O) groups excluding carboxylic acids is 1. The molecule has 2 N–H and O–H groups in total. The molecular formula is C19H18N4OS. The van der Waals surface area contributed by atoms with E-state index >= 15 is 0 Å². The minimum atomic E-state index is -0.348. The van der Waals surface area contributed by atoms with Crippen molar-refractivity contribution >= 4 is 29.5 Å². The molecule has 1 amide bonds. The van der Waals surface area contributed by atoms with Crippen LogP contribution in [0.3, 0.4) is 0 Å². The number of amides is 1. The van der Waals surface area contributed by atoms with E-state index < -0.39 is 0 Å². The summed E-state index contributed by atoms with van der Waals surface area (Å²) in [5.41, 5.74) is 5.65. The molecule has 0 aliphatic rings. The fourth-order valence-corrected chi connectivity index (χ4v) is 3.08. The molecule has 5 nitrogen and oxygen atoms in total. The summed E-state index contributed by atoms with van der Waals surface area (Å²) >= 11 is 1.65. The van der Waals surface area contributed by atoms with E-state index in [0.717, 1.165) is 21.7 Å². The van der Waals surface area contributed by atoms with Gasteiger partial charge >= 0.3 is 0 Å². The predicted molar refractivity (Wildman–Crippen MR) is 103 cm³/mol. The second-order valence-electron chi connectivity index (χ2n) is 5.58. The number of aromatic nitrogens is 2. The van der Waals surface area contributed by atoms with Crippen molar-refractivity contribution in [2.45, 2.75) is 13.8 Å². The van der Waals surface area contributed by atoms with Gasteiger partial charge in [0.05, 0.1) is 16.8 Å². The van der Waals surface area contributed by atoms with Crippen molar-refractivity contribution in [1.82, 2.24) is 15.6 Å². The van der Waals surface area contributed by atoms with Gasteiger partial charge in [0.25, 0.3) is 5.91 Å². The van der Waals surface area contributed by atoms with E-state index in [2.05, 4.69) is 20.7 Å². The van der Waals surface area contributed by atoms with Gasteiger partial charge in [-0.1, -0.05) is 36.4 Å². The Morgan fingerprint density at radius 1 is 1.24 bits per heavy atom. The average Bonchev–Trinajstić information content (AvgIpc) is 3.24. The summed E-state index contributed by atoms with van der Waals surface area (Å²) < 4.78 is 0. The molecule has 0 aliphatic heterocycles. The van der Waals surface area contributed by atoms with Crippen molar-refractivity contribution in [2.24, 2.45) is 5.10 Å². The first kappa shape index (κ1) is 16.9. The quantitative estimate of drug-likeness (QED) is 0.533. The maximum absolute atomic E-state index is 12.1. The second kappa shape index (κ2) is 7.72. The SMILES string of the molecule is CC(/C=N/NC(=O)c1cc(-c2ccc(C)s2)[nH]n1)=C\c1ccccc1. The molecule has 0 radical (unpaired) electrons. The molecule has 2 heterocycles. The number of H-pyrrole nitrogens is 1. The van der Waals surface area contributed by atoms with Crippen LogP contribution in [0.2, 0.25) is 0 Å². The summed E-state index contributed by atoms with van der Waals surface area (Å²) in [5.74, 6) is -0.348. The number of rotatable bonds is 5. The number of hydrazone groups is 1. The lowest BCUT2D eigenvalue weighted by atomic mass is 10.1. The summed E-state index contributed by atoms with van der Waals surface area (Å²) in [6, 6.07) is 15.7. The van der Waals surface area contributed by atoms with Crippen LogP contribution in [0.1, 0.15) is 27.9 Å². The Kier molecular flexibility index (Phi) is 5.20. The van der Waals surface area contributed by atoms with Gasteiger partial charge in [0.2, 0.25) is 0 Å². The van der Waals surface area contributed by atoms with Crippen molar-refractivity contribution in [1.29, 1.82) is 0 Å². The Bertz CT molecular complexity index is 922. The van der Waals surface area contributed by atoms with E-state index in [9.17, 15) is 4.79 Å². The standard InChI is InChI=1S/C19H18N4OS/c1-13(10-15-6-4-3-5-7-15)12-20-23-19(24)17-11-16(21-22-17)18-9-8-14(2)25-18/h3-12H,1-2H3,(H,21,22)(H,23,24)/b13-10+,20-12+. The van der Waals surface area contributed by atoms with Gasteiger partial charge in [0, 0.05) is 4.88 Å². The van der Waals surface area contributed by atoms with Crippen LogP contribution in [0.15, 0.2) is 59.2 Å². The van der Waals surface area contributed by atoms with Crippen molar-refractivity contribution in [2.75, 3.05) is 0 Å². The van der Waals surface area contributed by atoms with Crippen LogP contribution >= 0.6 is 11.3 Å². The Balaban J connectivity index is 1.61. The summed E-state index contributed by atoms with van der Waals surface area (Å²) in [4.78, 5) is 14.4. The van der Waals surface area contributed by atoms with Gasteiger partial charge in [-0.3, -0.25) is 9.89 Å². The molecule has 0 spiro atoms. The highest BCUT2D eigenvalue weighted by Gasteiger charge is 2.11. The summed E-state index contributed by atoms with van der Waals surface area (Å²) in [6.07, 6.45) is 3.60. The van der Waals surface area contributed by atoms with Crippen LogP contribution in [0.4, 0.5) is 0 Å². The van der Waals surface area contributed by atoms with Crippen molar-refractivity contribution < 1.29 is 4.79 Å². The first-order chi connectivity index (χ1) is 12.1. The predicted octanol–water partition coefficient (Wildman–Crippen LogP) is 4.27. The molecule has 0 saturated carbocycles. The maximum atomic E-state index is 12.1. The molecule has 25 heavy (non-hydrogen) atoms. The molecule has 126 valence electrons. The smallest absolute Gasteiger partial charge is 0.276 e. The number of hydrogen-bond acceptors (Lipinski definition) is 4. The zero-order valence-corrected chi connectivity index (χ0v) is 14.8. The van der Waals surface area contributed by atoms with Gasteiger partial charge in [0.15, 0.2) is 5.69 Å². The molecule has 0 unspecified atom stereocenters. The molecule has 0 aliphatic carbocycles. The Morgan fingerprint density at radius 3 is 2.76 bits per heavy atom. The molecule has 0 saturated heterocycles. The van der Waals surface area contributed by atoms with Crippen LogP contribution in [0, 0.1) is 6.92 Å². The third-order valence-corrected chi connectivity index (χ3v) is 4.48. The minimum absolute atomic E-state index is 0.308. The third-order valence-electron chi connectivity index (χ3n) is 3.44. The Morgan fingerprint density at radius 2 is 2.04 bits per heavy atom. The highest BCUT2D eigenvalue weighted by Crippen LogP contribution is 2.26. The second-order valence-corrected chi connectivity index (χ2v) is 6.86. The van der Waals surface area contributed by atoms with Crippen molar-refractivity contribution in [3.8, 4) is 10.6 Å². The largest absolute Gasteiger partial charge is 0.291 e. The number of aryl methyl sites for hydroxylation is 1. The maximum Gasteiger partial charge on any atom is 0.291 e. The monoisotopic (exact) mass is 350 g/mol. The van der Waals surface area contributed by atoms with E-state index in [1.165, 1.54) is 4.88 Å². The van der Waals surface area contributed by atoms with Gasteiger partial charge in [-0.15, -0.1) is 11.3 Å². The zero-order chi connectivity index (χ0) is 17.6. The van der Waals surface area contributed by atoms with Crippen molar-refractivity contribution in [3.63, 3.8) is 0 Å². The van der Waals surface area contributed by atoms with Gasteiger partial charge in [-0.2, -0.15) is 10.2 Å². The molecule has 0 atom stereocenters. The summed E-state index contributed by atoms with van der Waals surface area (Å²) in [5, 5.41) is 10.9. The topological polar surface area (TPSA) is 70.1 Å². The molecule has 6 heteroatoms. The zero-order valence-electron chi connectivity index (χ0n) is 14.0. The highest BCUT2D eigenvalue weighted by molar-refractivity contribution is 7.15. The first-order valence-corrected chi connectivity index (χ1v) is 8.62. The van der Waals surface area contributed by atoms with Crippen LogP contribution in [-0.4, -0.2) is 22.3 Å². The third kappa shape index (κ3) is 4.51. The lowest BCUT2D eigenvalue weighted by Crippen LogP contribution is -2.17. The minimum Gasteiger partial charge on any atom is -0.276 e. The molecule has 2 aromatic heterocycles. The van der Waals surface area contributed by atoms with Crippen LogP contribution in [0.5, 0.6) is 0 Å². The van der Waals surface area contributed by atoms with Crippen molar-refractivity contribution in [3.05, 3.63) is 70.2 Å². The van der Waals surface area contributed by atoms with Gasteiger partial charge in [-0.05, 0) is 43.2 Å². The van der Waals surface area contributed by atoms with E-state index in [4.69, 9.17) is 0 Å². The number of carbonyl (C=O) groups is 1. The van der Waals surface area contributed by atoms with Gasteiger partial charge in [-0.25, -0.2) is 5.43 Å². The van der Waals surface area contributed by atoms with Gasteiger partial charge < -0.3 is 0 Å². The molecule has 3 rings (SSSR count). The first-order valence-electron chi connectivity index (χ1n) is 7.81. The lowest BCUT2D eigenvalue weighted by Gasteiger charge is -1.96. The molecule has 1 aromatic carbocycles. The number of hydrogen-bond donors (Lipinski definition) is 2. The number of thiophene rings is 1. The normalized spacial score (nSPS) is 11.8. The Labute approximate surface area is 150 Å². The molecule has 0 bridgehead atoms. The number of allylic oxidation sites excluding steroid dienone is 1. The molecule has 3 aromatic rings. The van der Waals surface area contributed by atoms with Crippen LogP contribution in [-0.2, 0) is 0 Å². The van der Waals surface area contributed by atoms with E-state index in [0.29, 0.717) is 5.69 Å². The summed E-state index contributed by atoms with van der Waals surface area (Å²) in [6.45, 7) is 3.96. The van der Waals surface area contributed by atoms with Gasteiger partial charge in [0.1, 0.15) is 0 Å². The number of benzene rings is 1. The number of aromatic amines is 1. The lowest BCUT2D eigenvalue weighted by molar-refractivity contribution is 0.0950. The fraction of sp³-hybridized carbons (Fsp3) is 0.105. The van der Waals surface area contributed by atoms with Crippen LogP contribution in [0.25, 0.3) is 16.6 Å². The molecular weight excluding hydrogens is 332 g/mol. The number of nitrogens with zero attached hydrogens (tertiary/aromatic N) is 2. The van der Waals surface area contributed by atoms with E-state index in [-0.39, 0.29) is 5.91 Å². The van der Waals surface area contributed by atoms with E-state index in [1.807, 2.05) is 62.4 Å². The van der Waals surface area contributed by atoms with E-state index in [1.54, 1.807) is 23.6 Å². The average molecular weight is 350 g/mol. The number of nitrogens with one attached hydrogen (secondary N) is 2. The molecule has 0 fully saturated rings. The fourth-order valence-electron chi connectivity index (χ4n) is 2.24. The highest BCUT2D eigenvalue weighted by atomic mass is 32.1. The summed E-state index contributed by atoms with van der Waals surface area (Å²) in [7, 11) is 0. The Hall–Kier alpha value is -2.99.